The monoisotopic (exact) mass is 391 g/mol. The highest BCUT2D eigenvalue weighted by Gasteiger charge is 2.42. The van der Waals surface area contributed by atoms with Gasteiger partial charge in [-0.2, -0.15) is 0 Å². The molecule has 2 atom stereocenters. The smallest absolute Gasteiger partial charge is 0.232 e. The lowest BCUT2D eigenvalue weighted by molar-refractivity contribution is -0.124. The Balaban J connectivity index is 2.07. The standard InChI is InChI=1S/C20H23Cl2N3O/c1-12-16(9-17-13(10-21)8-14(22)11-24-17)15-6-5-7-23-18(15)25(19(12)26)20(2,3)4/h5-8,11-12,16H,9-10H2,1-4H3/t12-,16?/m1/s1. The lowest BCUT2D eigenvalue weighted by Crippen LogP contribution is -2.52. The number of aromatic nitrogens is 2. The molecule has 4 nitrogen and oxygen atoms in total. The number of nitrogens with zero attached hydrogens (tertiary/aromatic N) is 3. The number of carbonyl (C=O) groups excluding carboxylic acids is 1. The van der Waals surface area contributed by atoms with E-state index in [-0.39, 0.29) is 23.3 Å². The van der Waals surface area contributed by atoms with Gasteiger partial charge in [-0.3, -0.25) is 14.7 Å². The van der Waals surface area contributed by atoms with E-state index in [0.717, 1.165) is 22.6 Å². The summed E-state index contributed by atoms with van der Waals surface area (Å²) in [7, 11) is 0. The molecule has 6 heteroatoms. The molecule has 1 aliphatic heterocycles. The fourth-order valence-corrected chi connectivity index (χ4v) is 4.00. The Morgan fingerprint density at radius 3 is 2.65 bits per heavy atom. The van der Waals surface area contributed by atoms with Crippen molar-refractivity contribution in [3.8, 4) is 0 Å². The molecule has 3 heterocycles. The first-order chi connectivity index (χ1) is 12.2. The zero-order valence-corrected chi connectivity index (χ0v) is 17.0. The Labute approximate surface area is 164 Å². The van der Waals surface area contributed by atoms with E-state index in [0.29, 0.717) is 17.3 Å². The number of halogens is 2. The number of hydrogen-bond acceptors (Lipinski definition) is 3. The number of amides is 1. The average molecular weight is 392 g/mol. The van der Waals surface area contributed by atoms with Crippen LogP contribution in [0.5, 0.6) is 0 Å². The third-order valence-electron chi connectivity index (χ3n) is 4.90. The number of pyridine rings is 2. The molecule has 138 valence electrons. The van der Waals surface area contributed by atoms with Gasteiger partial charge in [-0.05, 0) is 50.5 Å². The van der Waals surface area contributed by atoms with Gasteiger partial charge in [0.15, 0.2) is 0 Å². The summed E-state index contributed by atoms with van der Waals surface area (Å²) in [6.07, 6.45) is 4.00. The fourth-order valence-electron chi connectivity index (χ4n) is 3.59. The Kier molecular flexibility index (Phi) is 5.27. The topological polar surface area (TPSA) is 46.1 Å². The fraction of sp³-hybridized carbons (Fsp3) is 0.450. The van der Waals surface area contributed by atoms with Crippen molar-refractivity contribution in [2.45, 2.75) is 51.5 Å². The van der Waals surface area contributed by atoms with Crippen LogP contribution in [0.1, 0.15) is 50.4 Å². The summed E-state index contributed by atoms with van der Waals surface area (Å²) in [5.74, 6) is 1.00. The molecular formula is C20H23Cl2N3O. The maximum absolute atomic E-state index is 13.2. The lowest BCUT2D eigenvalue weighted by atomic mass is 9.78. The highest BCUT2D eigenvalue weighted by Crippen LogP contribution is 2.42. The molecule has 0 saturated heterocycles. The summed E-state index contributed by atoms with van der Waals surface area (Å²) in [5, 5.41) is 0.568. The van der Waals surface area contributed by atoms with Crippen LogP contribution in [0.3, 0.4) is 0 Å². The molecule has 0 spiro atoms. The minimum atomic E-state index is -0.334. The third-order valence-corrected chi connectivity index (χ3v) is 5.39. The molecule has 26 heavy (non-hydrogen) atoms. The molecule has 0 aliphatic carbocycles. The zero-order chi connectivity index (χ0) is 19.1. The largest absolute Gasteiger partial charge is 0.291 e. The van der Waals surface area contributed by atoms with E-state index < -0.39 is 0 Å². The second kappa shape index (κ2) is 7.16. The van der Waals surface area contributed by atoms with Crippen molar-refractivity contribution in [3.05, 3.63) is 52.4 Å². The number of alkyl halides is 1. The molecule has 2 aromatic rings. The molecule has 0 aromatic carbocycles. The van der Waals surface area contributed by atoms with E-state index in [1.165, 1.54) is 0 Å². The van der Waals surface area contributed by atoms with Crippen LogP contribution < -0.4 is 4.90 Å². The maximum atomic E-state index is 13.2. The van der Waals surface area contributed by atoms with Gasteiger partial charge in [0.25, 0.3) is 0 Å². The Morgan fingerprint density at radius 1 is 1.27 bits per heavy atom. The predicted octanol–water partition coefficient (Wildman–Crippen LogP) is 4.98. The van der Waals surface area contributed by atoms with Crippen molar-refractivity contribution in [2.24, 2.45) is 5.92 Å². The quantitative estimate of drug-likeness (QED) is 0.693. The van der Waals surface area contributed by atoms with E-state index in [9.17, 15) is 4.79 Å². The normalized spacial score (nSPS) is 20.2. The van der Waals surface area contributed by atoms with E-state index in [1.807, 2.05) is 44.7 Å². The van der Waals surface area contributed by atoms with Gasteiger partial charge in [0.05, 0.1) is 5.02 Å². The van der Waals surface area contributed by atoms with Gasteiger partial charge in [0.2, 0.25) is 5.91 Å². The lowest BCUT2D eigenvalue weighted by Gasteiger charge is -2.43. The summed E-state index contributed by atoms with van der Waals surface area (Å²) in [6.45, 7) is 8.08. The van der Waals surface area contributed by atoms with Crippen LogP contribution in [-0.2, 0) is 17.1 Å². The second-order valence-electron chi connectivity index (χ2n) is 7.75. The van der Waals surface area contributed by atoms with Gasteiger partial charge in [0.1, 0.15) is 5.82 Å². The highest BCUT2D eigenvalue weighted by molar-refractivity contribution is 6.30. The SMILES string of the molecule is C[C@H]1C(=O)N(C(C)(C)C)c2ncccc2C1Cc1ncc(Cl)cc1CCl. The minimum Gasteiger partial charge on any atom is -0.291 e. The van der Waals surface area contributed by atoms with Gasteiger partial charge in [-0.15, -0.1) is 11.6 Å². The second-order valence-corrected chi connectivity index (χ2v) is 8.46. The summed E-state index contributed by atoms with van der Waals surface area (Å²) >= 11 is 12.1. The van der Waals surface area contributed by atoms with Gasteiger partial charge >= 0.3 is 0 Å². The molecular weight excluding hydrogens is 369 g/mol. The van der Waals surface area contributed by atoms with Crippen LogP contribution in [0.4, 0.5) is 5.82 Å². The van der Waals surface area contributed by atoms with E-state index in [4.69, 9.17) is 23.2 Å². The Hall–Kier alpha value is -1.65. The first-order valence-corrected chi connectivity index (χ1v) is 9.63. The summed E-state index contributed by atoms with van der Waals surface area (Å²) in [6, 6.07) is 5.83. The Bertz CT molecular complexity index is 832. The van der Waals surface area contributed by atoms with Crippen LogP contribution in [-0.4, -0.2) is 21.4 Å². The molecule has 0 fully saturated rings. The molecule has 2 aromatic heterocycles. The highest BCUT2D eigenvalue weighted by atomic mass is 35.5. The Morgan fingerprint density at radius 2 is 2.00 bits per heavy atom. The van der Waals surface area contributed by atoms with Crippen LogP contribution in [0.25, 0.3) is 0 Å². The van der Waals surface area contributed by atoms with Crippen molar-refractivity contribution in [3.63, 3.8) is 0 Å². The zero-order valence-electron chi connectivity index (χ0n) is 15.5. The molecule has 1 amide bonds. The van der Waals surface area contributed by atoms with Gasteiger partial charge in [0, 0.05) is 41.3 Å². The van der Waals surface area contributed by atoms with Crippen molar-refractivity contribution in [1.29, 1.82) is 0 Å². The van der Waals surface area contributed by atoms with Crippen molar-refractivity contribution in [2.75, 3.05) is 4.90 Å². The van der Waals surface area contributed by atoms with Gasteiger partial charge in [-0.25, -0.2) is 4.98 Å². The molecule has 0 radical (unpaired) electrons. The number of fused-ring (bicyclic) bond motifs is 1. The summed E-state index contributed by atoms with van der Waals surface area (Å²) in [5.41, 5.74) is 2.53. The van der Waals surface area contributed by atoms with Gasteiger partial charge in [-0.1, -0.05) is 24.6 Å². The number of hydrogen-bond donors (Lipinski definition) is 0. The molecule has 1 unspecified atom stereocenters. The third kappa shape index (κ3) is 3.45. The van der Waals surface area contributed by atoms with Gasteiger partial charge < -0.3 is 0 Å². The molecule has 0 saturated carbocycles. The average Bonchev–Trinajstić information content (AvgIpc) is 2.58. The summed E-state index contributed by atoms with van der Waals surface area (Å²) < 4.78 is 0. The first kappa shape index (κ1) is 19.1. The van der Waals surface area contributed by atoms with Crippen molar-refractivity contribution in [1.82, 2.24) is 9.97 Å². The van der Waals surface area contributed by atoms with Crippen molar-refractivity contribution < 1.29 is 4.79 Å². The number of rotatable bonds is 3. The molecule has 3 rings (SSSR count). The number of carbonyl (C=O) groups is 1. The molecule has 0 bridgehead atoms. The minimum absolute atomic E-state index is 0.000409. The van der Waals surface area contributed by atoms with E-state index >= 15 is 0 Å². The molecule has 0 N–H and O–H groups in total. The number of anilines is 1. The van der Waals surface area contributed by atoms with Crippen LogP contribution in [0, 0.1) is 5.92 Å². The summed E-state index contributed by atoms with van der Waals surface area (Å²) in [4.78, 5) is 24.0. The van der Waals surface area contributed by atoms with Crippen molar-refractivity contribution >= 4 is 34.9 Å². The molecule has 1 aliphatic rings. The maximum Gasteiger partial charge on any atom is 0.232 e. The van der Waals surface area contributed by atoms with Crippen LogP contribution in [0.15, 0.2) is 30.6 Å². The first-order valence-electron chi connectivity index (χ1n) is 8.72. The van der Waals surface area contributed by atoms with Crippen LogP contribution in [0.2, 0.25) is 5.02 Å². The van der Waals surface area contributed by atoms with E-state index in [2.05, 4.69) is 16.0 Å². The van der Waals surface area contributed by atoms with E-state index in [1.54, 1.807) is 12.4 Å². The predicted molar refractivity (Wildman–Crippen MR) is 106 cm³/mol. The van der Waals surface area contributed by atoms with Crippen LogP contribution >= 0.6 is 23.2 Å².